The van der Waals surface area contributed by atoms with Crippen LogP contribution in [0, 0.1) is 0 Å². The second-order valence-electron chi connectivity index (χ2n) is 5.45. The minimum atomic E-state index is -0.813. The number of urea groups is 1. The van der Waals surface area contributed by atoms with Crippen molar-refractivity contribution in [3.8, 4) is 0 Å². The van der Waals surface area contributed by atoms with Crippen LogP contribution >= 0.6 is 0 Å². The summed E-state index contributed by atoms with van der Waals surface area (Å²) >= 11 is 0. The average Bonchev–Trinajstić information content (AvgIpc) is 2.46. The van der Waals surface area contributed by atoms with Crippen molar-refractivity contribution in [2.45, 2.75) is 26.0 Å². The van der Waals surface area contributed by atoms with Crippen LogP contribution < -0.4 is 0 Å². The summed E-state index contributed by atoms with van der Waals surface area (Å²) in [6.45, 7) is 7.89. The lowest BCUT2D eigenvalue weighted by molar-refractivity contribution is -0.143. The van der Waals surface area contributed by atoms with Crippen molar-refractivity contribution < 1.29 is 19.4 Å². The largest absolute Gasteiger partial charge is 0.480 e. The molecule has 2 amide bonds. The molecule has 0 aliphatic carbocycles. The molecule has 2 saturated heterocycles. The smallest absolute Gasteiger partial charge is 0.320 e. The Kier molecular flexibility index (Phi) is 4.82. The monoisotopic (exact) mass is 285 g/mol. The summed E-state index contributed by atoms with van der Waals surface area (Å²) in [4.78, 5) is 28.9. The van der Waals surface area contributed by atoms with Crippen LogP contribution in [0.5, 0.6) is 0 Å². The summed E-state index contributed by atoms with van der Waals surface area (Å²) in [5.74, 6) is -0.813. The Morgan fingerprint density at radius 1 is 1.15 bits per heavy atom. The molecule has 7 heteroatoms. The molecule has 20 heavy (non-hydrogen) atoms. The maximum atomic E-state index is 12.4. The molecule has 2 fully saturated rings. The molecule has 7 nitrogen and oxygen atoms in total. The highest BCUT2D eigenvalue weighted by Gasteiger charge is 2.30. The predicted octanol–water partition coefficient (Wildman–Crippen LogP) is -0.0822. The van der Waals surface area contributed by atoms with Crippen LogP contribution in [-0.2, 0) is 9.53 Å². The van der Waals surface area contributed by atoms with Crippen LogP contribution in [-0.4, -0.2) is 89.8 Å². The molecule has 114 valence electrons. The van der Waals surface area contributed by atoms with Crippen molar-refractivity contribution in [1.82, 2.24) is 14.7 Å². The first-order valence-corrected chi connectivity index (χ1v) is 7.11. The Labute approximate surface area is 119 Å². The molecule has 0 aromatic heterocycles. The Balaban J connectivity index is 1.84. The fourth-order valence-electron chi connectivity index (χ4n) is 2.65. The SMILES string of the molecule is CC1CN(C(=O)N2CCN(C(C)C(=O)O)CC2)CCO1. The second-order valence-corrected chi connectivity index (χ2v) is 5.45. The molecular weight excluding hydrogens is 262 g/mol. The van der Waals surface area contributed by atoms with Gasteiger partial charge in [-0.05, 0) is 13.8 Å². The van der Waals surface area contributed by atoms with Crippen molar-refractivity contribution in [3.63, 3.8) is 0 Å². The molecule has 0 radical (unpaired) electrons. The number of hydrogen-bond acceptors (Lipinski definition) is 4. The third-order valence-electron chi connectivity index (χ3n) is 4.00. The van der Waals surface area contributed by atoms with Gasteiger partial charge in [-0.15, -0.1) is 0 Å². The fourth-order valence-corrected chi connectivity index (χ4v) is 2.65. The van der Waals surface area contributed by atoms with E-state index in [2.05, 4.69) is 0 Å². The zero-order valence-corrected chi connectivity index (χ0v) is 12.1. The molecule has 2 aliphatic rings. The van der Waals surface area contributed by atoms with E-state index in [9.17, 15) is 9.59 Å². The van der Waals surface area contributed by atoms with Gasteiger partial charge in [-0.25, -0.2) is 4.79 Å². The van der Waals surface area contributed by atoms with E-state index in [1.54, 1.807) is 6.92 Å². The molecule has 2 rings (SSSR count). The number of carboxylic acids is 1. The number of rotatable bonds is 2. The van der Waals surface area contributed by atoms with E-state index in [0.717, 1.165) is 0 Å². The maximum absolute atomic E-state index is 12.4. The van der Waals surface area contributed by atoms with Gasteiger partial charge in [0.1, 0.15) is 6.04 Å². The van der Waals surface area contributed by atoms with Gasteiger partial charge in [0.25, 0.3) is 0 Å². The molecule has 2 aliphatic heterocycles. The van der Waals surface area contributed by atoms with Gasteiger partial charge in [-0.2, -0.15) is 0 Å². The summed E-state index contributed by atoms with van der Waals surface area (Å²) in [6.07, 6.45) is 0.0843. The molecule has 2 atom stereocenters. The maximum Gasteiger partial charge on any atom is 0.320 e. The number of amides is 2. The summed E-state index contributed by atoms with van der Waals surface area (Å²) < 4.78 is 5.43. The molecule has 0 spiro atoms. The number of hydrogen-bond donors (Lipinski definition) is 1. The number of carbonyl (C=O) groups excluding carboxylic acids is 1. The highest BCUT2D eigenvalue weighted by atomic mass is 16.5. The molecule has 2 unspecified atom stereocenters. The molecule has 1 N–H and O–H groups in total. The van der Waals surface area contributed by atoms with Gasteiger partial charge in [-0.3, -0.25) is 9.69 Å². The number of nitrogens with zero attached hydrogens (tertiary/aromatic N) is 3. The molecular formula is C13H23N3O4. The zero-order valence-electron chi connectivity index (χ0n) is 12.1. The number of piperazine rings is 1. The summed E-state index contributed by atoms with van der Waals surface area (Å²) in [7, 11) is 0. The second kappa shape index (κ2) is 6.41. The van der Waals surface area contributed by atoms with Crippen molar-refractivity contribution in [2.24, 2.45) is 0 Å². The predicted molar refractivity (Wildman–Crippen MR) is 72.6 cm³/mol. The Bertz CT molecular complexity index is 369. The van der Waals surface area contributed by atoms with Gasteiger partial charge in [0.15, 0.2) is 0 Å². The van der Waals surface area contributed by atoms with Crippen molar-refractivity contribution in [1.29, 1.82) is 0 Å². The van der Waals surface area contributed by atoms with Crippen molar-refractivity contribution in [3.05, 3.63) is 0 Å². The third-order valence-corrected chi connectivity index (χ3v) is 4.00. The minimum Gasteiger partial charge on any atom is -0.480 e. The van der Waals surface area contributed by atoms with Crippen LogP contribution in [0.4, 0.5) is 4.79 Å². The van der Waals surface area contributed by atoms with E-state index >= 15 is 0 Å². The first-order valence-electron chi connectivity index (χ1n) is 7.11. The zero-order chi connectivity index (χ0) is 14.7. The Hall–Kier alpha value is -1.34. The molecule has 0 bridgehead atoms. The lowest BCUT2D eigenvalue weighted by Crippen LogP contribution is -2.57. The minimum absolute atomic E-state index is 0.0442. The molecule has 0 aromatic rings. The standard InChI is InChI=1S/C13H23N3O4/c1-10-9-16(7-8-20-10)13(19)15-5-3-14(4-6-15)11(2)12(17)18/h10-11H,3-9H2,1-2H3,(H,17,18). The van der Waals surface area contributed by atoms with Crippen LogP contribution in [0.3, 0.4) is 0 Å². The molecule has 0 aromatic carbocycles. The van der Waals surface area contributed by atoms with E-state index in [4.69, 9.17) is 9.84 Å². The normalized spacial score (nSPS) is 26.4. The van der Waals surface area contributed by atoms with E-state index in [1.807, 2.05) is 21.6 Å². The van der Waals surface area contributed by atoms with E-state index in [-0.39, 0.29) is 12.1 Å². The van der Waals surface area contributed by atoms with Gasteiger partial charge in [0.05, 0.1) is 12.7 Å². The van der Waals surface area contributed by atoms with Crippen LogP contribution in [0.15, 0.2) is 0 Å². The Morgan fingerprint density at radius 2 is 1.80 bits per heavy atom. The summed E-state index contributed by atoms with van der Waals surface area (Å²) in [6, 6.07) is -0.446. The van der Waals surface area contributed by atoms with Gasteiger partial charge in [0.2, 0.25) is 0 Å². The van der Waals surface area contributed by atoms with E-state index < -0.39 is 12.0 Å². The third kappa shape index (κ3) is 3.40. The summed E-state index contributed by atoms with van der Waals surface area (Å²) in [5.41, 5.74) is 0. The number of ether oxygens (including phenoxy) is 1. The number of carbonyl (C=O) groups is 2. The van der Waals surface area contributed by atoms with Crippen LogP contribution in [0.25, 0.3) is 0 Å². The number of morpholine rings is 1. The number of aliphatic carboxylic acids is 1. The van der Waals surface area contributed by atoms with Gasteiger partial charge in [-0.1, -0.05) is 0 Å². The summed E-state index contributed by atoms with van der Waals surface area (Å²) in [5, 5.41) is 9.00. The van der Waals surface area contributed by atoms with Crippen molar-refractivity contribution in [2.75, 3.05) is 45.9 Å². The first kappa shape index (κ1) is 15.1. The topological polar surface area (TPSA) is 73.3 Å². The lowest BCUT2D eigenvalue weighted by atomic mass is 10.2. The van der Waals surface area contributed by atoms with Crippen molar-refractivity contribution >= 4 is 12.0 Å². The molecule has 2 heterocycles. The highest BCUT2D eigenvalue weighted by Crippen LogP contribution is 2.12. The first-order chi connectivity index (χ1) is 9.49. The molecule has 0 saturated carbocycles. The van der Waals surface area contributed by atoms with Crippen LogP contribution in [0.2, 0.25) is 0 Å². The number of carboxylic acid groups (broad SMARTS) is 1. The van der Waals surface area contributed by atoms with Crippen LogP contribution in [0.1, 0.15) is 13.8 Å². The fraction of sp³-hybridized carbons (Fsp3) is 0.846. The van der Waals surface area contributed by atoms with Gasteiger partial charge in [0, 0.05) is 39.3 Å². The van der Waals surface area contributed by atoms with Gasteiger partial charge >= 0.3 is 12.0 Å². The average molecular weight is 285 g/mol. The van der Waals surface area contributed by atoms with E-state index in [0.29, 0.717) is 45.9 Å². The van der Waals surface area contributed by atoms with E-state index in [1.165, 1.54) is 0 Å². The van der Waals surface area contributed by atoms with Gasteiger partial charge < -0.3 is 19.6 Å². The quantitative estimate of drug-likeness (QED) is 0.768. The highest BCUT2D eigenvalue weighted by molar-refractivity contribution is 5.75. The Morgan fingerprint density at radius 3 is 2.35 bits per heavy atom. The lowest BCUT2D eigenvalue weighted by Gasteiger charge is -2.40.